The van der Waals surface area contributed by atoms with Gasteiger partial charge in [0.05, 0.1) is 0 Å². The van der Waals surface area contributed by atoms with Gasteiger partial charge in [0.25, 0.3) is 0 Å². The number of rotatable bonds is 8. The number of benzene rings is 1. The highest BCUT2D eigenvalue weighted by molar-refractivity contribution is 5.39. The number of phenolic OH excluding ortho intramolecular Hbond substituents is 1. The molecular formula is C18H30O. The van der Waals surface area contributed by atoms with Crippen LogP contribution >= 0.6 is 0 Å². The summed E-state index contributed by atoms with van der Waals surface area (Å²) >= 11 is 0. The Kier molecular flexibility index (Phi) is 6.97. The van der Waals surface area contributed by atoms with Crippen LogP contribution in [-0.4, -0.2) is 5.11 Å². The predicted molar refractivity (Wildman–Crippen MR) is 83.7 cm³/mol. The highest BCUT2D eigenvalue weighted by atomic mass is 16.3. The van der Waals surface area contributed by atoms with E-state index in [1.165, 1.54) is 36.8 Å². The van der Waals surface area contributed by atoms with Crippen LogP contribution < -0.4 is 0 Å². The predicted octanol–water partition coefficient (Wildman–Crippen LogP) is 5.35. The molecule has 0 aliphatic heterocycles. The van der Waals surface area contributed by atoms with E-state index in [9.17, 15) is 5.11 Å². The van der Waals surface area contributed by atoms with Gasteiger partial charge in [0.15, 0.2) is 0 Å². The van der Waals surface area contributed by atoms with E-state index in [1.54, 1.807) is 0 Å². The normalized spacial score (nSPS) is 11.5. The Bertz CT molecular complexity index is 366. The quantitative estimate of drug-likeness (QED) is 0.626. The molecule has 19 heavy (non-hydrogen) atoms. The number of hydrogen-bond donors (Lipinski definition) is 1. The number of hydrogen-bond acceptors (Lipinski definition) is 1. The molecule has 108 valence electrons. The lowest BCUT2D eigenvalue weighted by Gasteiger charge is -2.13. The van der Waals surface area contributed by atoms with Crippen LogP contribution in [0.5, 0.6) is 5.75 Å². The Balaban J connectivity index is 2.51. The Morgan fingerprint density at radius 3 is 2.32 bits per heavy atom. The van der Waals surface area contributed by atoms with Crippen LogP contribution in [0, 0.1) is 11.8 Å². The smallest absolute Gasteiger partial charge is 0.119 e. The van der Waals surface area contributed by atoms with Crippen molar-refractivity contribution in [3.8, 4) is 5.75 Å². The van der Waals surface area contributed by atoms with Crippen LogP contribution in [0.1, 0.15) is 64.5 Å². The van der Waals surface area contributed by atoms with Gasteiger partial charge in [0, 0.05) is 0 Å². The van der Waals surface area contributed by atoms with E-state index >= 15 is 0 Å². The fourth-order valence-corrected chi connectivity index (χ4v) is 2.57. The Labute approximate surface area is 119 Å². The zero-order valence-electron chi connectivity index (χ0n) is 13.1. The summed E-state index contributed by atoms with van der Waals surface area (Å²) in [5.74, 6) is 1.94. The van der Waals surface area contributed by atoms with Gasteiger partial charge in [-0.05, 0) is 48.3 Å². The minimum absolute atomic E-state index is 0.488. The van der Waals surface area contributed by atoms with Gasteiger partial charge < -0.3 is 5.11 Å². The average Bonchev–Trinajstić information content (AvgIpc) is 2.30. The fraction of sp³-hybridized carbons (Fsp3) is 0.667. The third-order valence-corrected chi connectivity index (χ3v) is 3.58. The summed E-state index contributed by atoms with van der Waals surface area (Å²) in [7, 11) is 0. The molecule has 0 aliphatic carbocycles. The van der Waals surface area contributed by atoms with Crippen LogP contribution in [0.25, 0.3) is 0 Å². The molecule has 0 amide bonds. The molecule has 1 heteroatoms. The molecule has 0 radical (unpaired) electrons. The summed E-state index contributed by atoms with van der Waals surface area (Å²) < 4.78 is 0. The van der Waals surface area contributed by atoms with E-state index in [4.69, 9.17) is 0 Å². The second kappa shape index (κ2) is 8.24. The second-order valence-corrected chi connectivity index (χ2v) is 6.51. The van der Waals surface area contributed by atoms with Gasteiger partial charge in [0.1, 0.15) is 5.75 Å². The molecule has 0 fully saturated rings. The molecule has 0 heterocycles. The molecule has 0 saturated carbocycles. The highest BCUT2D eigenvalue weighted by Gasteiger charge is 2.09. The molecule has 0 saturated heterocycles. The van der Waals surface area contributed by atoms with Crippen molar-refractivity contribution in [3.05, 3.63) is 29.3 Å². The molecule has 1 nitrogen and oxygen atoms in total. The third kappa shape index (κ3) is 6.13. The Hall–Kier alpha value is -0.980. The monoisotopic (exact) mass is 262 g/mol. The van der Waals surface area contributed by atoms with Crippen LogP contribution in [-0.2, 0) is 12.8 Å². The van der Waals surface area contributed by atoms with E-state index in [1.807, 2.05) is 12.1 Å². The number of aromatic hydroxyl groups is 1. The summed E-state index contributed by atoms with van der Waals surface area (Å²) in [5.41, 5.74) is 2.51. The van der Waals surface area contributed by atoms with Crippen molar-refractivity contribution in [1.29, 1.82) is 0 Å². The second-order valence-electron chi connectivity index (χ2n) is 6.51. The summed E-state index contributed by atoms with van der Waals surface area (Å²) in [5, 5.41) is 10.0. The zero-order valence-corrected chi connectivity index (χ0v) is 13.1. The van der Waals surface area contributed by atoms with Crippen molar-refractivity contribution in [2.24, 2.45) is 11.8 Å². The van der Waals surface area contributed by atoms with E-state index in [2.05, 4.69) is 33.8 Å². The molecule has 0 atom stereocenters. The lowest BCUT2D eigenvalue weighted by molar-refractivity contribution is 0.462. The largest absolute Gasteiger partial charge is 0.508 e. The van der Waals surface area contributed by atoms with E-state index < -0.39 is 0 Å². The van der Waals surface area contributed by atoms with E-state index in [0.29, 0.717) is 11.7 Å². The van der Waals surface area contributed by atoms with Crippen LogP contribution in [0.3, 0.4) is 0 Å². The first-order valence-corrected chi connectivity index (χ1v) is 7.80. The molecule has 0 spiro atoms. The molecule has 1 aromatic rings. The fourth-order valence-electron chi connectivity index (χ4n) is 2.57. The van der Waals surface area contributed by atoms with Gasteiger partial charge in [-0.2, -0.15) is 0 Å². The zero-order chi connectivity index (χ0) is 14.3. The maximum Gasteiger partial charge on any atom is 0.119 e. The highest BCUT2D eigenvalue weighted by Crippen LogP contribution is 2.25. The Morgan fingerprint density at radius 1 is 0.947 bits per heavy atom. The van der Waals surface area contributed by atoms with Gasteiger partial charge in [-0.3, -0.25) is 0 Å². The first-order chi connectivity index (χ1) is 9.00. The van der Waals surface area contributed by atoms with E-state index in [-0.39, 0.29) is 0 Å². The third-order valence-electron chi connectivity index (χ3n) is 3.58. The number of phenols is 1. The summed E-state index contributed by atoms with van der Waals surface area (Å²) in [4.78, 5) is 0. The van der Waals surface area contributed by atoms with Gasteiger partial charge in [0.2, 0.25) is 0 Å². The summed E-state index contributed by atoms with van der Waals surface area (Å²) in [6, 6.07) is 5.96. The van der Waals surface area contributed by atoms with Crippen molar-refractivity contribution in [1.82, 2.24) is 0 Å². The summed E-state index contributed by atoms with van der Waals surface area (Å²) in [6.07, 6.45) is 7.18. The lowest BCUT2D eigenvalue weighted by Crippen LogP contribution is -2.00. The van der Waals surface area contributed by atoms with Crippen molar-refractivity contribution in [3.63, 3.8) is 0 Å². The maximum atomic E-state index is 10.0. The molecule has 0 unspecified atom stereocenters. The van der Waals surface area contributed by atoms with Crippen molar-refractivity contribution >= 4 is 0 Å². The first kappa shape index (κ1) is 16.1. The summed E-state index contributed by atoms with van der Waals surface area (Å²) in [6.45, 7) is 9.03. The SMILES string of the molecule is CC(C)CCCCCc1c(O)cccc1CC(C)C. The van der Waals surface area contributed by atoms with Crippen molar-refractivity contribution in [2.45, 2.75) is 66.2 Å². The van der Waals surface area contributed by atoms with Crippen molar-refractivity contribution in [2.75, 3.05) is 0 Å². The van der Waals surface area contributed by atoms with Gasteiger partial charge in [-0.15, -0.1) is 0 Å². The average molecular weight is 262 g/mol. The number of unbranched alkanes of at least 4 members (excludes halogenated alkanes) is 2. The first-order valence-electron chi connectivity index (χ1n) is 7.80. The minimum Gasteiger partial charge on any atom is -0.508 e. The topological polar surface area (TPSA) is 20.2 Å². The molecular weight excluding hydrogens is 232 g/mol. The van der Waals surface area contributed by atoms with Crippen molar-refractivity contribution < 1.29 is 5.11 Å². The molecule has 1 rings (SSSR count). The molecule has 0 aliphatic rings. The molecule has 1 aromatic carbocycles. The molecule has 0 bridgehead atoms. The van der Waals surface area contributed by atoms with Gasteiger partial charge in [-0.25, -0.2) is 0 Å². The van der Waals surface area contributed by atoms with Gasteiger partial charge in [-0.1, -0.05) is 59.1 Å². The van der Waals surface area contributed by atoms with Crippen LogP contribution in [0.2, 0.25) is 0 Å². The van der Waals surface area contributed by atoms with Gasteiger partial charge >= 0.3 is 0 Å². The van der Waals surface area contributed by atoms with Crippen LogP contribution in [0.15, 0.2) is 18.2 Å². The lowest BCUT2D eigenvalue weighted by atomic mass is 9.93. The van der Waals surface area contributed by atoms with E-state index in [0.717, 1.165) is 18.8 Å². The molecule has 0 aromatic heterocycles. The van der Waals surface area contributed by atoms with Crippen LogP contribution in [0.4, 0.5) is 0 Å². The minimum atomic E-state index is 0.488. The maximum absolute atomic E-state index is 10.0. The molecule has 1 N–H and O–H groups in total. The standard InChI is InChI=1S/C18H30O/c1-14(2)9-6-5-7-11-17-16(13-15(3)4)10-8-12-18(17)19/h8,10,12,14-15,19H,5-7,9,11,13H2,1-4H3. The Morgan fingerprint density at radius 2 is 1.68 bits per heavy atom.